The fourth-order valence-corrected chi connectivity index (χ4v) is 4.86. The first-order valence-electron chi connectivity index (χ1n) is 9.83. The van der Waals surface area contributed by atoms with E-state index < -0.39 is 0 Å². The van der Waals surface area contributed by atoms with Crippen molar-refractivity contribution in [3.8, 4) is 0 Å². The highest BCUT2D eigenvalue weighted by Gasteiger charge is 2.44. The Morgan fingerprint density at radius 1 is 0.880 bits per heavy atom. The van der Waals surface area contributed by atoms with Crippen molar-refractivity contribution in [3.05, 3.63) is 65.2 Å². The summed E-state index contributed by atoms with van der Waals surface area (Å²) in [5, 5.41) is 0. The SMILES string of the molecule is CCC(CC)C1=C(c2ccccc2)C(CC)(CC)c2cc(N)ccc21. The van der Waals surface area contributed by atoms with Gasteiger partial charge in [0.2, 0.25) is 0 Å². The first kappa shape index (κ1) is 17.8. The van der Waals surface area contributed by atoms with E-state index in [-0.39, 0.29) is 5.41 Å². The van der Waals surface area contributed by atoms with Crippen LogP contribution in [0, 0.1) is 5.92 Å². The van der Waals surface area contributed by atoms with Gasteiger partial charge in [-0.3, -0.25) is 0 Å². The van der Waals surface area contributed by atoms with Crippen LogP contribution in [-0.4, -0.2) is 0 Å². The van der Waals surface area contributed by atoms with Crippen molar-refractivity contribution in [2.75, 3.05) is 5.73 Å². The minimum absolute atomic E-state index is 0.0734. The lowest BCUT2D eigenvalue weighted by atomic mass is 9.70. The van der Waals surface area contributed by atoms with Gasteiger partial charge < -0.3 is 5.73 Å². The molecule has 2 aromatic rings. The largest absolute Gasteiger partial charge is 0.399 e. The molecule has 0 fully saturated rings. The molecule has 2 aromatic carbocycles. The summed E-state index contributed by atoms with van der Waals surface area (Å²) >= 11 is 0. The van der Waals surface area contributed by atoms with Gasteiger partial charge in [0.15, 0.2) is 0 Å². The second-order valence-electron chi connectivity index (χ2n) is 7.26. The van der Waals surface area contributed by atoms with Gasteiger partial charge in [0.05, 0.1) is 0 Å². The van der Waals surface area contributed by atoms with Crippen LogP contribution in [0.5, 0.6) is 0 Å². The van der Waals surface area contributed by atoms with Gasteiger partial charge in [0, 0.05) is 11.1 Å². The van der Waals surface area contributed by atoms with Crippen molar-refractivity contribution < 1.29 is 0 Å². The molecule has 2 N–H and O–H groups in total. The van der Waals surface area contributed by atoms with Crippen LogP contribution in [0.15, 0.2) is 48.5 Å². The van der Waals surface area contributed by atoms with E-state index in [1.165, 1.54) is 29.5 Å². The Hall–Kier alpha value is -2.02. The van der Waals surface area contributed by atoms with Gasteiger partial charge in [-0.15, -0.1) is 0 Å². The van der Waals surface area contributed by atoms with Gasteiger partial charge >= 0.3 is 0 Å². The fraction of sp³-hybridized carbons (Fsp3) is 0.417. The molecular formula is C24H31N. The number of allylic oxidation sites excluding steroid dienone is 2. The van der Waals surface area contributed by atoms with E-state index in [0.717, 1.165) is 18.5 Å². The number of nitrogen functional groups attached to an aromatic ring is 1. The Labute approximate surface area is 153 Å². The average molecular weight is 334 g/mol. The highest BCUT2D eigenvalue weighted by atomic mass is 14.6. The van der Waals surface area contributed by atoms with Crippen LogP contribution < -0.4 is 5.73 Å². The molecule has 1 nitrogen and oxygen atoms in total. The first-order valence-corrected chi connectivity index (χ1v) is 9.83. The maximum absolute atomic E-state index is 6.21. The lowest BCUT2D eigenvalue weighted by Crippen LogP contribution is -2.24. The lowest BCUT2D eigenvalue weighted by Gasteiger charge is -2.33. The molecule has 0 spiro atoms. The molecule has 0 heterocycles. The molecule has 1 aliphatic rings. The molecule has 0 unspecified atom stereocenters. The van der Waals surface area contributed by atoms with Crippen LogP contribution in [-0.2, 0) is 5.41 Å². The Morgan fingerprint density at radius 2 is 1.52 bits per heavy atom. The quantitative estimate of drug-likeness (QED) is 0.586. The third-order valence-corrected chi connectivity index (χ3v) is 6.26. The van der Waals surface area contributed by atoms with Crippen LogP contribution in [0.4, 0.5) is 5.69 Å². The van der Waals surface area contributed by atoms with Gasteiger partial charge in [-0.05, 0) is 71.6 Å². The molecule has 1 aliphatic carbocycles. The van der Waals surface area contributed by atoms with E-state index in [1.54, 1.807) is 11.1 Å². The van der Waals surface area contributed by atoms with Crippen LogP contribution in [0.3, 0.4) is 0 Å². The number of anilines is 1. The number of hydrogen-bond acceptors (Lipinski definition) is 1. The summed E-state index contributed by atoms with van der Waals surface area (Å²) in [6.07, 6.45) is 4.56. The number of nitrogens with two attached hydrogens (primary N) is 1. The minimum atomic E-state index is 0.0734. The zero-order valence-electron chi connectivity index (χ0n) is 16.1. The third kappa shape index (κ3) is 2.70. The van der Waals surface area contributed by atoms with Gasteiger partial charge in [-0.2, -0.15) is 0 Å². The second kappa shape index (κ2) is 7.07. The number of hydrogen-bond donors (Lipinski definition) is 1. The summed E-state index contributed by atoms with van der Waals surface area (Å²) in [6, 6.07) is 17.6. The van der Waals surface area contributed by atoms with E-state index in [4.69, 9.17) is 5.73 Å². The molecule has 0 bridgehead atoms. The number of fused-ring (bicyclic) bond motifs is 1. The van der Waals surface area contributed by atoms with E-state index in [9.17, 15) is 0 Å². The Morgan fingerprint density at radius 3 is 2.08 bits per heavy atom. The summed E-state index contributed by atoms with van der Waals surface area (Å²) in [5.74, 6) is 0.595. The molecule has 132 valence electrons. The lowest BCUT2D eigenvalue weighted by molar-refractivity contribution is 0.521. The highest BCUT2D eigenvalue weighted by molar-refractivity contribution is 6.02. The Bertz CT molecular complexity index is 762. The molecule has 25 heavy (non-hydrogen) atoms. The van der Waals surface area contributed by atoms with E-state index in [0.29, 0.717) is 5.92 Å². The zero-order valence-corrected chi connectivity index (χ0v) is 16.1. The summed E-state index contributed by atoms with van der Waals surface area (Å²) in [5.41, 5.74) is 14.5. The Balaban J connectivity index is 2.39. The van der Waals surface area contributed by atoms with E-state index >= 15 is 0 Å². The van der Waals surface area contributed by atoms with Crippen molar-refractivity contribution in [2.45, 2.75) is 58.8 Å². The normalized spacial score (nSPS) is 15.7. The van der Waals surface area contributed by atoms with Gasteiger partial charge in [0.1, 0.15) is 0 Å². The average Bonchev–Trinajstić information content (AvgIpc) is 2.93. The van der Waals surface area contributed by atoms with Crippen LogP contribution in [0.1, 0.15) is 70.1 Å². The van der Waals surface area contributed by atoms with Crippen LogP contribution >= 0.6 is 0 Å². The summed E-state index contributed by atoms with van der Waals surface area (Å²) in [4.78, 5) is 0. The minimum Gasteiger partial charge on any atom is -0.399 e. The van der Waals surface area contributed by atoms with Gasteiger partial charge in [0.25, 0.3) is 0 Å². The maximum atomic E-state index is 6.21. The van der Waals surface area contributed by atoms with Crippen LogP contribution in [0.25, 0.3) is 11.1 Å². The topological polar surface area (TPSA) is 26.0 Å². The van der Waals surface area contributed by atoms with Crippen molar-refractivity contribution in [1.29, 1.82) is 0 Å². The zero-order chi connectivity index (χ0) is 18.0. The van der Waals surface area contributed by atoms with Crippen molar-refractivity contribution in [2.24, 2.45) is 5.92 Å². The van der Waals surface area contributed by atoms with Crippen molar-refractivity contribution >= 4 is 16.8 Å². The maximum Gasteiger partial charge on any atom is 0.0317 e. The highest BCUT2D eigenvalue weighted by Crippen LogP contribution is 2.57. The molecule has 0 atom stereocenters. The molecule has 0 saturated heterocycles. The molecule has 0 saturated carbocycles. The molecule has 0 radical (unpaired) electrons. The molecule has 1 heteroatoms. The summed E-state index contributed by atoms with van der Waals surface area (Å²) in [6.45, 7) is 9.29. The third-order valence-electron chi connectivity index (χ3n) is 6.26. The second-order valence-corrected chi connectivity index (χ2v) is 7.26. The van der Waals surface area contributed by atoms with E-state index in [2.05, 4.69) is 76.2 Å². The fourth-order valence-electron chi connectivity index (χ4n) is 4.86. The van der Waals surface area contributed by atoms with Gasteiger partial charge in [-0.25, -0.2) is 0 Å². The molecule has 3 rings (SSSR count). The van der Waals surface area contributed by atoms with Crippen LogP contribution in [0.2, 0.25) is 0 Å². The standard InChI is InChI=1S/C24H31N/c1-5-17(6-2)22-20-15-14-19(25)16-21(20)24(7-3,8-4)23(22)18-12-10-9-11-13-18/h9-17H,5-8,25H2,1-4H3. The van der Waals surface area contributed by atoms with Crippen molar-refractivity contribution in [3.63, 3.8) is 0 Å². The molecule has 0 aliphatic heterocycles. The van der Waals surface area contributed by atoms with Gasteiger partial charge in [-0.1, -0.05) is 64.1 Å². The summed E-state index contributed by atoms with van der Waals surface area (Å²) in [7, 11) is 0. The number of rotatable bonds is 6. The predicted molar refractivity (Wildman–Crippen MR) is 110 cm³/mol. The molecule has 0 amide bonds. The predicted octanol–water partition coefficient (Wildman–Crippen LogP) is 6.69. The number of benzene rings is 2. The van der Waals surface area contributed by atoms with E-state index in [1.807, 2.05) is 0 Å². The molecular weight excluding hydrogens is 302 g/mol. The molecule has 0 aromatic heterocycles. The van der Waals surface area contributed by atoms with Crippen molar-refractivity contribution in [1.82, 2.24) is 0 Å². The first-order chi connectivity index (χ1) is 12.1. The summed E-state index contributed by atoms with van der Waals surface area (Å²) < 4.78 is 0. The monoisotopic (exact) mass is 333 g/mol. The Kier molecular flexibility index (Phi) is 5.03. The smallest absolute Gasteiger partial charge is 0.0317 e.